The van der Waals surface area contributed by atoms with E-state index in [1.165, 1.54) is 50.4 Å². The van der Waals surface area contributed by atoms with Gasteiger partial charge < -0.3 is 9.94 Å². The average molecular weight is 297 g/mol. The van der Waals surface area contributed by atoms with Crippen LogP contribution in [0.4, 0.5) is 5.69 Å². The van der Waals surface area contributed by atoms with Gasteiger partial charge in [0.2, 0.25) is 0 Å². The molecule has 0 N–H and O–H groups in total. The molecule has 0 fully saturated rings. The Balaban J connectivity index is 2.37. The molecule has 1 aliphatic heterocycles. The molecule has 1 aromatic carbocycles. The number of quaternary nitrogens is 1. The largest absolute Gasteiger partial charge is 0.619 e. The summed E-state index contributed by atoms with van der Waals surface area (Å²) in [6, 6.07) is 5.58. The van der Waals surface area contributed by atoms with Crippen molar-refractivity contribution in [3.8, 4) is 0 Å². The minimum absolute atomic E-state index is 0.131. The van der Waals surface area contributed by atoms with Crippen LogP contribution in [0.5, 0.6) is 0 Å². The molecule has 1 aliphatic rings. The maximum absolute atomic E-state index is 12.7. The van der Waals surface area contributed by atoms with Gasteiger partial charge in [-0.3, -0.25) is 9.44 Å². The normalized spacial score (nSPS) is 28.8. The van der Waals surface area contributed by atoms with Crippen molar-refractivity contribution in [3.05, 3.63) is 41.7 Å². The van der Waals surface area contributed by atoms with E-state index in [1.54, 1.807) is 0 Å². The molecule has 108 valence electrons. The summed E-state index contributed by atoms with van der Waals surface area (Å²) in [5, 5.41) is 12.7. The second-order valence-electron chi connectivity index (χ2n) is 4.89. The number of benzene rings is 1. The first-order valence-electron chi connectivity index (χ1n) is 5.89. The van der Waals surface area contributed by atoms with Crippen LogP contribution in [0.2, 0.25) is 0 Å². The van der Waals surface area contributed by atoms with Crippen LogP contribution in [-0.2, 0) is 19.4 Å². The van der Waals surface area contributed by atoms with Crippen LogP contribution in [0.25, 0.3) is 0 Å². The number of hydrogen-bond donors (Lipinski definition) is 0. The van der Waals surface area contributed by atoms with Gasteiger partial charge in [-0.15, -0.1) is 0 Å². The van der Waals surface area contributed by atoms with E-state index in [9.17, 15) is 18.4 Å². The lowest BCUT2D eigenvalue weighted by atomic mass is 10.1. The number of carbonyl (C=O) groups excluding carboxylic acids is 1. The molecule has 0 saturated heterocycles. The molecule has 0 saturated carbocycles. The molecule has 2 rings (SSSR count). The van der Waals surface area contributed by atoms with Crippen molar-refractivity contribution in [2.24, 2.45) is 0 Å². The maximum atomic E-state index is 12.7. The van der Waals surface area contributed by atoms with E-state index in [1.807, 2.05) is 0 Å². The molecule has 6 nitrogen and oxygen atoms in total. The van der Waals surface area contributed by atoms with Gasteiger partial charge in [-0.1, -0.05) is 0 Å². The zero-order valence-corrected chi connectivity index (χ0v) is 12.2. The van der Waals surface area contributed by atoms with E-state index in [0.717, 1.165) is 6.26 Å². The minimum Gasteiger partial charge on any atom is -0.619 e. The highest BCUT2D eigenvalue weighted by atomic mass is 32.2. The molecule has 2 unspecified atom stereocenters. The van der Waals surface area contributed by atoms with Gasteiger partial charge in [0.1, 0.15) is 11.9 Å². The Morgan fingerprint density at radius 1 is 1.30 bits per heavy atom. The molecule has 0 radical (unpaired) electrons. The number of rotatable bonds is 3. The molecular formula is C13H15NO5S. The molecule has 20 heavy (non-hydrogen) atoms. The van der Waals surface area contributed by atoms with Crippen molar-refractivity contribution < 1.29 is 17.9 Å². The van der Waals surface area contributed by atoms with Crippen molar-refractivity contribution in [2.45, 2.75) is 24.5 Å². The van der Waals surface area contributed by atoms with Gasteiger partial charge in [-0.2, -0.15) is 0 Å². The predicted octanol–water partition coefficient (Wildman–Crippen LogP) is 1.70. The van der Waals surface area contributed by atoms with Gasteiger partial charge in [0, 0.05) is 32.2 Å². The smallest absolute Gasteiger partial charge is 0.307 e. The van der Waals surface area contributed by atoms with E-state index in [4.69, 9.17) is 4.74 Å². The molecule has 0 aliphatic carbocycles. The maximum Gasteiger partial charge on any atom is 0.307 e. The van der Waals surface area contributed by atoms with Gasteiger partial charge in [-0.25, -0.2) is 8.42 Å². The molecule has 7 heteroatoms. The molecule has 0 aromatic heterocycles. The van der Waals surface area contributed by atoms with E-state index in [-0.39, 0.29) is 4.90 Å². The summed E-state index contributed by atoms with van der Waals surface area (Å²) in [5.41, 5.74) is -1.03. The van der Waals surface area contributed by atoms with Gasteiger partial charge in [0.25, 0.3) is 5.72 Å². The van der Waals surface area contributed by atoms with Gasteiger partial charge in [0.15, 0.2) is 9.84 Å². The van der Waals surface area contributed by atoms with Crippen LogP contribution in [0, 0.1) is 5.21 Å². The quantitative estimate of drug-likeness (QED) is 0.482. The minimum atomic E-state index is -3.31. The zero-order valence-electron chi connectivity index (χ0n) is 11.4. The van der Waals surface area contributed by atoms with Crippen LogP contribution >= 0.6 is 0 Å². The third-order valence-corrected chi connectivity index (χ3v) is 4.38. The summed E-state index contributed by atoms with van der Waals surface area (Å²) in [6.07, 6.45) is 3.94. The number of carbonyl (C=O) groups is 1. The first-order chi connectivity index (χ1) is 9.08. The third-order valence-electron chi connectivity index (χ3n) is 3.25. The topological polar surface area (TPSA) is 83.5 Å². The Labute approximate surface area is 117 Å². The SMILES string of the molecule is CC(=O)OC1(C)C=C[N+]1([O-])c1ccc(S(C)(=O)=O)cc1. The summed E-state index contributed by atoms with van der Waals surface area (Å²) in [5.74, 6) is -0.553. The lowest BCUT2D eigenvalue weighted by Crippen LogP contribution is -2.64. The Morgan fingerprint density at radius 3 is 2.20 bits per heavy atom. The lowest BCUT2D eigenvalue weighted by Gasteiger charge is -2.54. The Morgan fingerprint density at radius 2 is 1.85 bits per heavy atom. The van der Waals surface area contributed by atoms with Crippen molar-refractivity contribution in [3.63, 3.8) is 0 Å². The fourth-order valence-electron chi connectivity index (χ4n) is 2.07. The molecule has 1 aromatic rings. The zero-order chi connectivity index (χ0) is 15.2. The number of esters is 1. The first kappa shape index (κ1) is 14.7. The number of hydroxylamine groups is 2. The van der Waals surface area contributed by atoms with Crippen LogP contribution in [-0.4, -0.2) is 26.4 Å². The second kappa shape index (κ2) is 4.41. The monoisotopic (exact) mass is 297 g/mol. The second-order valence-corrected chi connectivity index (χ2v) is 6.90. The Hall–Kier alpha value is -1.70. The summed E-state index contributed by atoms with van der Waals surface area (Å²) in [4.78, 5) is 11.2. The van der Waals surface area contributed by atoms with Crippen molar-refractivity contribution in [1.82, 2.24) is 4.65 Å². The fourth-order valence-corrected chi connectivity index (χ4v) is 2.70. The summed E-state index contributed by atoms with van der Waals surface area (Å²) >= 11 is 0. The van der Waals surface area contributed by atoms with Crippen LogP contribution in [0.15, 0.2) is 41.4 Å². The van der Waals surface area contributed by atoms with Gasteiger partial charge >= 0.3 is 5.97 Å². The highest BCUT2D eigenvalue weighted by Crippen LogP contribution is 2.42. The number of sulfone groups is 1. The number of ether oxygens (including phenoxy) is 1. The van der Waals surface area contributed by atoms with Crippen LogP contribution in [0.1, 0.15) is 13.8 Å². The van der Waals surface area contributed by atoms with E-state index in [2.05, 4.69) is 0 Å². The lowest BCUT2D eigenvalue weighted by molar-refractivity contribution is -0.163. The molecular weight excluding hydrogens is 282 g/mol. The summed E-state index contributed by atoms with van der Waals surface area (Å²) < 4.78 is 26.9. The average Bonchev–Trinajstić information content (AvgIpc) is 2.35. The van der Waals surface area contributed by atoms with E-state index in [0.29, 0.717) is 5.69 Å². The molecule has 2 atom stereocenters. The standard InChI is InChI=1S/C13H15NO5S/c1-10(15)19-13(2)8-9-14(13,16)11-4-6-12(7-5-11)20(3,17)18/h4-9H,1-3H3. The van der Waals surface area contributed by atoms with E-state index >= 15 is 0 Å². The molecule has 0 bridgehead atoms. The number of nitrogens with zero attached hydrogens (tertiary/aromatic N) is 1. The van der Waals surface area contributed by atoms with Crippen molar-refractivity contribution >= 4 is 21.5 Å². The Bertz CT molecular complexity index is 679. The van der Waals surface area contributed by atoms with Crippen molar-refractivity contribution in [1.29, 1.82) is 0 Å². The van der Waals surface area contributed by atoms with Gasteiger partial charge in [0.05, 0.1) is 11.0 Å². The highest BCUT2D eigenvalue weighted by Gasteiger charge is 2.50. The summed E-state index contributed by atoms with van der Waals surface area (Å²) in [6.45, 7) is 2.74. The first-order valence-corrected chi connectivity index (χ1v) is 7.78. The summed E-state index contributed by atoms with van der Waals surface area (Å²) in [7, 11) is -3.31. The van der Waals surface area contributed by atoms with E-state index < -0.39 is 26.2 Å². The number of hydrogen-bond acceptors (Lipinski definition) is 5. The Kier molecular flexibility index (Phi) is 3.24. The van der Waals surface area contributed by atoms with Crippen LogP contribution < -0.4 is 4.65 Å². The predicted molar refractivity (Wildman–Crippen MR) is 74.0 cm³/mol. The third kappa shape index (κ3) is 2.24. The van der Waals surface area contributed by atoms with Crippen molar-refractivity contribution in [2.75, 3.05) is 6.26 Å². The molecule has 1 heterocycles. The molecule has 0 spiro atoms. The highest BCUT2D eigenvalue weighted by molar-refractivity contribution is 7.90. The molecule has 0 amide bonds. The van der Waals surface area contributed by atoms with Gasteiger partial charge in [-0.05, 0) is 12.1 Å². The van der Waals surface area contributed by atoms with Crippen LogP contribution in [0.3, 0.4) is 0 Å². The fraction of sp³-hybridized carbons (Fsp3) is 0.308.